The highest BCUT2D eigenvalue weighted by atomic mass is 79.9. The summed E-state index contributed by atoms with van der Waals surface area (Å²) < 4.78 is 34.9. The van der Waals surface area contributed by atoms with Crippen molar-refractivity contribution in [2.24, 2.45) is 0 Å². The second kappa shape index (κ2) is 7.09. The van der Waals surface area contributed by atoms with Gasteiger partial charge in [0.05, 0.1) is 23.2 Å². The normalized spacial score (nSPS) is 19.6. The van der Waals surface area contributed by atoms with Gasteiger partial charge in [-0.3, -0.25) is 4.90 Å². The van der Waals surface area contributed by atoms with E-state index in [0.29, 0.717) is 10.6 Å². The lowest BCUT2D eigenvalue weighted by Gasteiger charge is -2.36. The van der Waals surface area contributed by atoms with Crippen molar-refractivity contribution in [1.82, 2.24) is 13.8 Å². The summed E-state index contributed by atoms with van der Waals surface area (Å²) in [4.78, 5) is 5.11. The van der Waals surface area contributed by atoms with Gasteiger partial charge in [0.1, 0.15) is 5.75 Å². The second-order valence-corrected chi connectivity index (χ2v) is 10.7. The van der Waals surface area contributed by atoms with E-state index in [1.807, 2.05) is 24.3 Å². The number of ether oxygens (including phenoxy) is 1. The van der Waals surface area contributed by atoms with Crippen LogP contribution in [0.3, 0.4) is 0 Å². The number of methoxy groups -OCH3 is 1. The molecule has 2 aliphatic heterocycles. The molecule has 2 aliphatic rings. The molecule has 3 aromatic rings. The van der Waals surface area contributed by atoms with Gasteiger partial charge in [0.25, 0.3) is 10.0 Å². The van der Waals surface area contributed by atoms with Gasteiger partial charge in [-0.2, -0.15) is 0 Å². The van der Waals surface area contributed by atoms with Crippen molar-refractivity contribution in [1.29, 1.82) is 0 Å². The minimum absolute atomic E-state index is 0.0825. The Labute approximate surface area is 185 Å². The van der Waals surface area contributed by atoms with Crippen molar-refractivity contribution in [3.05, 3.63) is 46.4 Å². The van der Waals surface area contributed by atoms with Crippen LogP contribution in [0.1, 0.15) is 18.5 Å². The van der Waals surface area contributed by atoms with Crippen LogP contribution in [0.25, 0.3) is 22.2 Å². The quantitative estimate of drug-likeness (QED) is 0.436. The third kappa shape index (κ3) is 2.85. The highest BCUT2D eigenvalue weighted by Crippen LogP contribution is 2.49. The molecule has 0 amide bonds. The molecule has 3 heterocycles. The fourth-order valence-corrected chi connectivity index (χ4v) is 6.81. The number of hydrogen-bond donors (Lipinski definition) is 0. The molecule has 5 rings (SSSR count). The maximum atomic E-state index is 13.5. The van der Waals surface area contributed by atoms with Crippen LogP contribution in [0, 0.1) is 0 Å². The summed E-state index contributed by atoms with van der Waals surface area (Å²) >= 11 is 3.58. The van der Waals surface area contributed by atoms with E-state index in [-0.39, 0.29) is 6.04 Å². The first-order chi connectivity index (χ1) is 14.3. The third-order valence-electron chi connectivity index (χ3n) is 6.39. The van der Waals surface area contributed by atoms with Crippen LogP contribution in [0.2, 0.25) is 0 Å². The molecule has 0 radical (unpaired) electrons. The molecule has 0 N–H and O–H groups in total. The van der Waals surface area contributed by atoms with Crippen LogP contribution in [-0.4, -0.2) is 62.5 Å². The summed E-state index contributed by atoms with van der Waals surface area (Å²) in [6.45, 7) is 6.10. The molecular weight excluding hydrogens is 466 g/mol. The van der Waals surface area contributed by atoms with Crippen LogP contribution in [0.4, 0.5) is 0 Å². The monoisotopic (exact) mass is 489 g/mol. The lowest BCUT2D eigenvalue weighted by atomic mass is 9.98. The number of piperazine rings is 1. The summed E-state index contributed by atoms with van der Waals surface area (Å²) in [5.74, 6) is 0.655. The molecule has 1 aromatic heterocycles. The Balaban J connectivity index is 1.81. The molecule has 0 bridgehead atoms. The van der Waals surface area contributed by atoms with Gasteiger partial charge in [0, 0.05) is 53.2 Å². The molecular formula is C22H24BrN3O3S. The molecule has 30 heavy (non-hydrogen) atoms. The highest BCUT2D eigenvalue weighted by molar-refractivity contribution is 9.10. The maximum absolute atomic E-state index is 13.5. The van der Waals surface area contributed by atoms with Crippen molar-refractivity contribution < 1.29 is 13.2 Å². The summed E-state index contributed by atoms with van der Waals surface area (Å²) in [6, 6.07) is 11.1. The minimum atomic E-state index is -3.66. The van der Waals surface area contributed by atoms with Gasteiger partial charge in [-0.05, 0) is 50.4 Å². The van der Waals surface area contributed by atoms with E-state index in [1.165, 1.54) is 3.97 Å². The Kier molecular flexibility index (Phi) is 4.74. The number of aromatic nitrogens is 1. The van der Waals surface area contributed by atoms with E-state index < -0.39 is 10.0 Å². The fraction of sp³-hybridized carbons (Fsp3) is 0.364. The standard InChI is InChI=1S/C22H24BrN3O3S/c1-14(25-10-8-24(2)9-11-25)21-17-12-15(23)4-6-19(17)26-22(21)18-13-16(29-3)5-7-20(18)30(26,27)28/h4-7,12-14H,8-11H2,1-3H3. The summed E-state index contributed by atoms with van der Waals surface area (Å²) in [5.41, 5.74) is 3.27. The van der Waals surface area contributed by atoms with Crippen molar-refractivity contribution >= 4 is 36.9 Å². The van der Waals surface area contributed by atoms with Crippen LogP contribution in [-0.2, 0) is 10.0 Å². The molecule has 8 heteroatoms. The molecule has 0 aliphatic carbocycles. The van der Waals surface area contributed by atoms with Gasteiger partial charge in [0.15, 0.2) is 0 Å². The Morgan fingerprint density at radius 1 is 1.07 bits per heavy atom. The number of rotatable bonds is 3. The van der Waals surface area contributed by atoms with Crippen molar-refractivity contribution in [3.8, 4) is 17.0 Å². The smallest absolute Gasteiger partial charge is 0.269 e. The Bertz CT molecular complexity index is 1260. The van der Waals surface area contributed by atoms with E-state index in [2.05, 4.69) is 39.7 Å². The first kappa shape index (κ1) is 20.1. The summed E-state index contributed by atoms with van der Waals surface area (Å²) in [6.07, 6.45) is 0. The molecule has 0 saturated carbocycles. The van der Waals surface area contributed by atoms with Gasteiger partial charge >= 0.3 is 0 Å². The van der Waals surface area contributed by atoms with E-state index in [4.69, 9.17) is 4.74 Å². The van der Waals surface area contributed by atoms with E-state index in [1.54, 1.807) is 19.2 Å². The number of benzene rings is 2. The molecule has 1 fully saturated rings. The second-order valence-electron chi connectivity index (χ2n) is 8.07. The predicted octanol–water partition coefficient (Wildman–Crippen LogP) is 3.94. The average molecular weight is 490 g/mol. The summed E-state index contributed by atoms with van der Waals surface area (Å²) in [5, 5.41) is 0.975. The highest BCUT2D eigenvalue weighted by Gasteiger charge is 2.39. The Morgan fingerprint density at radius 3 is 2.50 bits per heavy atom. The Hall–Kier alpha value is -1.87. The molecule has 2 aromatic carbocycles. The maximum Gasteiger partial charge on any atom is 0.269 e. The van der Waals surface area contributed by atoms with Crippen LogP contribution in [0.5, 0.6) is 5.75 Å². The molecule has 0 spiro atoms. The van der Waals surface area contributed by atoms with Crippen LogP contribution < -0.4 is 4.74 Å². The molecule has 1 atom stereocenters. The van der Waals surface area contributed by atoms with Gasteiger partial charge in [-0.25, -0.2) is 12.4 Å². The molecule has 158 valence electrons. The lowest BCUT2D eigenvalue weighted by molar-refractivity contribution is 0.120. The van der Waals surface area contributed by atoms with Crippen LogP contribution in [0.15, 0.2) is 45.8 Å². The predicted molar refractivity (Wildman–Crippen MR) is 122 cm³/mol. The first-order valence-electron chi connectivity index (χ1n) is 10.0. The van der Waals surface area contributed by atoms with Crippen LogP contribution >= 0.6 is 15.9 Å². The van der Waals surface area contributed by atoms with Crippen molar-refractivity contribution in [3.63, 3.8) is 0 Å². The third-order valence-corrected chi connectivity index (χ3v) is 8.65. The Morgan fingerprint density at radius 2 is 1.80 bits per heavy atom. The lowest BCUT2D eigenvalue weighted by Crippen LogP contribution is -2.45. The minimum Gasteiger partial charge on any atom is -0.497 e. The van der Waals surface area contributed by atoms with E-state index >= 15 is 0 Å². The number of likely N-dealkylation sites (N-methyl/N-ethyl adjacent to an activating group) is 1. The molecule has 1 saturated heterocycles. The molecule has 1 unspecified atom stereocenters. The van der Waals surface area contributed by atoms with Gasteiger partial charge in [-0.15, -0.1) is 0 Å². The topological polar surface area (TPSA) is 54.8 Å². The zero-order chi connectivity index (χ0) is 21.2. The van der Waals surface area contributed by atoms with Crippen molar-refractivity contribution in [2.45, 2.75) is 17.9 Å². The SMILES string of the molecule is COc1ccc2c(c1)-c1c(C(C)N3CCN(C)CC3)c3cc(Br)ccc3n1S2(=O)=O. The van der Waals surface area contributed by atoms with Gasteiger partial charge in [0.2, 0.25) is 0 Å². The first-order valence-corrected chi connectivity index (χ1v) is 12.3. The zero-order valence-electron chi connectivity index (χ0n) is 17.2. The molecule has 6 nitrogen and oxygen atoms in total. The number of fused-ring (bicyclic) bond motifs is 5. The van der Waals surface area contributed by atoms with E-state index in [0.717, 1.165) is 58.4 Å². The number of nitrogens with zero attached hydrogens (tertiary/aromatic N) is 3. The van der Waals surface area contributed by atoms with Gasteiger partial charge in [-0.1, -0.05) is 15.9 Å². The van der Waals surface area contributed by atoms with Gasteiger partial charge < -0.3 is 9.64 Å². The fourth-order valence-electron chi connectivity index (χ4n) is 4.72. The largest absolute Gasteiger partial charge is 0.497 e. The summed E-state index contributed by atoms with van der Waals surface area (Å²) in [7, 11) is 0.0789. The van der Waals surface area contributed by atoms with Crippen molar-refractivity contribution in [2.75, 3.05) is 40.3 Å². The zero-order valence-corrected chi connectivity index (χ0v) is 19.6. The number of halogens is 1. The average Bonchev–Trinajstić information content (AvgIpc) is 3.18. The van der Waals surface area contributed by atoms with E-state index in [9.17, 15) is 8.42 Å². The number of hydrogen-bond acceptors (Lipinski definition) is 5.